The molecule has 0 spiro atoms. The predicted octanol–water partition coefficient (Wildman–Crippen LogP) is 2.92. The van der Waals surface area contributed by atoms with Gasteiger partial charge in [-0.05, 0) is 48.2 Å². The fourth-order valence-electron chi connectivity index (χ4n) is 1.94. The van der Waals surface area contributed by atoms with Crippen LogP contribution >= 0.6 is 0 Å². The third-order valence-corrected chi connectivity index (χ3v) is 2.72. The maximum Gasteiger partial charge on any atom is 0.123 e. The van der Waals surface area contributed by atoms with Gasteiger partial charge in [-0.2, -0.15) is 0 Å². The van der Waals surface area contributed by atoms with Gasteiger partial charge in [-0.15, -0.1) is 0 Å². The Morgan fingerprint density at radius 1 is 0.882 bits per heavy atom. The Labute approximate surface area is 101 Å². The quantitative estimate of drug-likeness (QED) is 0.857. The van der Waals surface area contributed by atoms with Crippen LogP contribution in [0.4, 0.5) is 4.39 Å². The lowest BCUT2D eigenvalue weighted by Gasteiger charge is -2.05. The lowest BCUT2D eigenvalue weighted by molar-refractivity contribution is 0.626. The number of benzene rings is 2. The van der Waals surface area contributed by atoms with E-state index in [1.54, 1.807) is 12.1 Å². The molecule has 2 N–H and O–H groups in total. The van der Waals surface area contributed by atoms with Gasteiger partial charge in [0.05, 0.1) is 0 Å². The Morgan fingerprint density at radius 3 is 2.24 bits per heavy atom. The van der Waals surface area contributed by atoms with Gasteiger partial charge in [0.25, 0.3) is 0 Å². The van der Waals surface area contributed by atoms with Gasteiger partial charge in [0.2, 0.25) is 0 Å². The van der Waals surface area contributed by atoms with Crippen molar-refractivity contribution < 1.29 is 4.39 Å². The first-order valence-electron chi connectivity index (χ1n) is 5.80. The zero-order valence-electron chi connectivity index (χ0n) is 9.70. The maximum absolute atomic E-state index is 13.1. The molecule has 0 atom stereocenters. The molecular formula is C15H16FN. The topological polar surface area (TPSA) is 26.0 Å². The van der Waals surface area contributed by atoms with Crippen LogP contribution in [-0.2, 0) is 12.8 Å². The fraction of sp³-hybridized carbons (Fsp3) is 0.200. The molecule has 88 valence electrons. The normalized spacial score (nSPS) is 10.5. The molecule has 0 unspecified atom stereocenters. The molecule has 0 aliphatic carbocycles. The molecule has 0 aromatic heterocycles. The summed E-state index contributed by atoms with van der Waals surface area (Å²) in [5, 5.41) is 0. The van der Waals surface area contributed by atoms with Crippen molar-refractivity contribution in [3.05, 3.63) is 71.0 Å². The zero-order chi connectivity index (χ0) is 12.1. The smallest absolute Gasteiger partial charge is 0.123 e. The number of nitrogens with two attached hydrogens (primary N) is 1. The van der Waals surface area contributed by atoms with E-state index < -0.39 is 0 Å². The van der Waals surface area contributed by atoms with Crippen LogP contribution in [-0.4, -0.2) is 6.54 Å². The van der Waals surface area contributed by atoms with Crippen LogP contribution in [0.2, 0.25) is 0 Å². The van der Waals surface area contributed by atoms with Crippen LogP contribution in [0, 0.1) is 5.82 Å². The molecule has 17 heavy (non-hydrogen) atoms. The zero-order valence-corrected chi connectivity index (χ0v) is 9.70. The minimum Gasteiger partial charge on any atom is -0.330 e. The van der Waals surface area contributed by atoms with E-state index in [1.807, 2.05) is 12.1 Å². The van der Waals surface area contributed by atoms with Gasteiger partial charge in [-0.1, -0.05) is 36.4 Å². The second-order valence-electron chi connectivity index (χ2n) is 4.17. The molecule has 0 fully saturated rings. The molecule has 2 heteroatoms. The van der Waals surface area contributed by atoms with Gasteiger partial charge in [0.1, 0.15) is 5.82 Å². The van der Waals surface area contributed by atoms with Gasteiger partial charge in [-0.3, -0.25) is 0 Å². The van der Waals surface area contributed by atoms with Crippen molar-refractivity contribution in [2.75, 3.05) is 6.54 Å². The second-order valence-corrected chi connectivity index (χ2v) is 4.17. The highest BCUT2D eigenvalue weighted by atomic mass is 19.1. The SMILES string of the molecule is NCCc1cccc(Cc2cccc(F)c2)c1. The van der Waals surface area contributed by atoms with Crippen molar-refractivity contribution in [1.82, 2.24) is 0 Å². The molecule has 1 nitrogen and oxygen atoms in total. The third-order valence-electron chi connectivity index (χ3n) is 2.72. The summed E-state index contributed by atoms with van der Waals surface area (Å²) >= 11 is 0. The molecule has 0 saturated heterocycles. The highest BCUT2D eigenvalue weighted by Crippen LogP contribution is 2.12. The Morgan fingerprint density at radius 2 is 1.53 bits per heavy atom. The van der Waals surface area contributed by atoms with Crippen LogP contribution in [0.5, 0.6) is 0 Å². The largest absolute Gasteiger partial charge is 0.330 e. The van der Waals surface area contributed by atoms with Crippen LogP contribution < -0.4 is 5.73 Å². The summed E-state index contributed by atoms with van der Waals surface area (Å²) in [6.07, 6.45) is 1.65. The minimum atomic E-state index is -0.180. The summed E-state index contributed by atoms with van der Waals surface area (Å²) in [6, 6.07) is 15.0. The minimum absolute atomic E-state index is 0.180. The second kappa shape index (κ2) is 5.60. The highest BCUT2D eigenvalue weighted by molar-refractivity contribution is 5.29. The van der Waals surface area contributed by atoms with Crippen molar-refractivity contribution in [1.29, 1.82) is 0 Å². The molecule has 0 radical (unpaired) electrons. The maximum atomic E-state index is 13.1. The average Bonchev–Trinajstić information content (AvgIpc) is 2.30. The first-order valence-corrected chi connectivity index (χ1v) is 5.80. The number of rotatable bonds is 4. The van der Waals surface area contributed by atoms with Gasteiger partial charge >= 0.3 is 0 Å². The van der Waals surface area contributed by atoms with E-state index in [1.165, 1.54) is 17.2 Å². The van der Waals surface area contributed by atoms with Crippen LogP contribution in [0.3, 0.4) is 0 Å². The molecule has 0 aliphatic rings. The van der Waals surface area contributed by atoms with E-state index in [0.29, 0.717) is 6.54 Å². The van der Waals surface area contributed by atoms with Gasteiger partial charge in [0.15, 0.2) is 0 Å². The Kier molecular flexibility index (Phi) is 3.89. The van der Waals surface area contributed by atoms with E-state index in [0.717, 1.165) is 18.4 Å². The highest BCUT2D eigenvalue weighted by Gasteiger charge is 1.99. The molecule has 0 heterocycles. The van der Waals surface area contributed by atoms with Crippen LogP contribution in [0.25, 0.3) is 0 Å². The van der Waals surface area contributed by atoms with Gasteiger partial charge in [-0.25, -0.2) is 4.39 Å². The summed E-state index contributed by atoms with van der Waals surface area (Å²) in [4.78, 5) is 0. The van der Waals surface area contributed by atoms with Crippen LogP contribution in [0.15, 0.2) is 48.5 Å². The van der Waals surface area contributed by atoms with Crippen molar-refractivity contribution in [3.63, 3.8) is 0 Å². The first kappa shape index (κ1) is 11.8. The average molecular weight is 229 g/mol. The van der Waals surface area contributed by atoms with Crippen molar-refractivity contribution >= 4 is 0 Å². The summed E-state index contributed by atoms with van der Waals surface area (Å²) in [6.45, 7) is 0.656. The Bertz CT molecular complexity index is 494. The monoisotopic (exact) mass is 229 g/mol. The molecule has 0 amide bonds. The standard InChI is InChI=1S/C15H16FN/c16-15-6-2-5-14(11-15)10-13-4-1-3-12(9-13)7-8-17/h1-6,9,11H,7-8,10,17H2. The predicted molar refractivity (Wildman–Crippen MR) is 68.4 cm³/mol. The van der Waals surface area contributed by atoms with Crippen LogP contribution in [0.1, 0.15) is 16.7 Å². The number of hydrogen-bond donors (Lipinski definition) is 1. The summed E-state index contributed by atoms with van der Waals surface area (Å²) in [7, 11) is 0. The lowest BCUT2D eigenvalue weighted by atomic mass is 10.0. The molecule has 2 aromatic rings. The van der Waals surface area contributed by atoms with Crippen molar-refractivity contribution in [2.24, 2.45) is 5.73 Å². The Balaban J connectivity index is 2.15. The molecule has 0 aliphatic heterocycles. The Hall–Kier alpha value is -1.67. The van der Waals surface area contributed by atoms with Gasteiger partial charge < -0.3 is 5.73 Å². The molecular weight excluding hydrogens is 213 g/mol. The number of hydrogen-bond acceptors (Lipinski definition) is 1. The number of halogens is 1. The van der Waals surface area contributed by atoms with Crippen molar-refractivity contribution in [2.45, 2.75) is 12.8 Å². The van der Waals surface area contributed by atoms with E-state index in [4.69, 9.17) is 5.73 Å². The van der Waals surface area contributed by atoms with Gasteiger partial charge in [0, 0.05) is 0 Å². The van der Waals surface area contributed by atoms with E-state index in [9.17, 15) is 4.39 Å². The first-order chi connectivity index (χ1) is 8.28. The van der Waals surface area contributed by atoms with E-state index in [-0.39, 0.29) is 5.82 Å². The molecule has 0 bridgehead atoms. The van der Waals surface area contributed by atoms with E-state index in [2.05, 4.69) is 18.2 Å². The van der Waals surface area contributed by atoms with E-state index >= 15 is 0 Å². The lowest BCUT2D eigenvalue weighted by Crippen LogP contribution is -2.03. The summed E-state index contributed by atoms with van der Waals surface area (Å²) < 4.78 is 13.1. The summed E-state index contributed by atoms with van der Waals surface area (Å²) in [5.74, 6) is -0.180. The third kappa shape index (κ3) is 3.40. The molecule has 0 saturated carbocycles. The molecule has 2 rings (SSSR count). The summed E-state index contributed by atoms with van der Waals surface area (Å²) in [5.41, 5.74) is 8.96. The fourth-order valence-corrected chi connectivity index (χ4v) is 1.94. The van der Waals surface area contributed by atoms with Crippen molar-refractivity contribution in [3.8, 4) is 0 Å². The molecule has 2 aromatic carbocycles.